The summed E-state index contributed by atoms with van der Waals surface area (Å²) in [5.74, 6) is 0.792. The molecule has 0 N–H and O–H groups in total. The maximum atomic E-state index is 12.9. The van der Waals surface area contributed by atoms with Crippen molar-refractivity contribution in [2.24, 2.45) is 0 Å². The van der Waals surface area contributed by atoms with Gasteiger partial charge in [0.2, 0.25) is 0 Å². The van der Waals surface area contributed by atoms with Gasteiger partial charge in [-0.15, -0.1) is 11.3 Å². The van der Waals surface area contributed by atoms with Gasteiger partial charge in [-0.1, -0.05) is 18.2 Å². The molecule has 2 aromatic heterocycles. The Morgan fingerprint density at radius 3 is 2.96 bits per heavy atom. The molecule has 0 spiro atoms. The molecule has 0 bridgehead atoms. The van der Waals surface area contributed by atoms with Gasteiger partial charge in [-0.2, -0.15) is 0 Å². The number of aromatic nitrogens is 2. The van der Waals surface area contributed by atoms with Crippen LogP contribution in [-0.2, 0) is 4.74 Å². The second-order valence-corrected chi connectivity index (χ2v) is 7.68. The smallest absolute Gasteiger partial charge is 0.274 e. The average molecular weight is 393 g/mol. The van der Waals surface area contributed by atoms with Crippen LogP contribution in [0.15, 0.2) is 54.2 Å². The molecule has 1 atom stereocenters. The molecular weight excluding hydrogens is 374 g/mol. The Morgan fingerprint density at radius 2 is 2.11 bits per heavy atom. The second-order valence-electron chi connectivity index (χ2n) is 6.80. The highest BCUT2D eigenvalue weighted by molar-refractivity contribution is 7.15. The van der Waals surface area contributed by atoms with E-state index in [0.717, 1.165) is 27.0 Å². The van der Waals surface area contributed by atoms with Gasteiger partial charge in [-0.05, 0) is 34.5 Å². The normalized spacial score (nSPS) is 17.3. The Hall–Kier alpha value is -2.90. The van der Waals surface area contributed by atoms with Crippen molar-refractivity contribution in [1.82, 2.24) is 14.3 Å². The number of thiazole rings is 1. The van der Waals surface area contributed by atoms with Gasteiger partial charge in [0.05, 0.1) is 20.3 Å². The first kappa shape index (κ1) is 17.2. The lowest BCUT2D eigenvalue weighted by molar-refractivity contribution is -0.0229. The highest BCUT2D eigenvalue weighted by Gasteiger charge is 2.27. The first-order valence-electron chi connectivity index (χ1n) is 9.12. The van der Waals surface area contributed by atoms with Gasteiger partial charge >= 0.3 is 0 Å². The highest BCUT2D eigenvalue weighted by atomic mass is 32.1. The molecule has 0 unspecified atom stereocenters. The quantitative estimate of drug-likeness (QED) is 0.532. The predicted molar refractivity (Wildman–Crippen MR) is 108 cm³/mol. The summed E-state index contributed by atoms with van der Waals surface area (Å²) in [6.07, 6.45) is 3.56. The summed E-state index contributed by atoms with van der Waals surface area (Å²) in [6, 6.07) is 12.3. The Morgan fingerprint density at radius 1 is 1.25 bits per heavy atom. The van der Waals surface area contributed by atoms with Crippen LogP contribution in [0.25, 0.3) is 15.7 Å². The van der Waals surface area contributed by atoms with Gasteiger partial charge in [-0.25, -0.2) is 4.98 Å². The minimum absolute atomic E-state index is 0.0466. The number of morpholine rings is 1. The molecule has 2 aromatic carbocycles. The van der Waals surface area contributed by atoms with Gasteiger partial charge < -0.3 is 14.4 Å². The molecule has 1 aliphatic rings. The number of rotatable bonds is 3. The largest absolute Gasteiger partial charge is 0.497 e. The molecule has 0 radical (unpaired) electrons. The summed E-state index contributed by atoms with van der Waals surface area (Å²) < 4.78 is 13.1. The highest BCUT2D eigenvalue weighted by Crippen LogP contribution is 2.28. The second kappa shape index (κ2) is 6.92. The molecular formula is C21H19N3O3S. The summed E-state index contributed by atoms with van der Waals surface area (Å²) in [4.78, 5) is 20.0. The first-order valence-corrected chi connectivity index (χ1v) is 10.00. The van der Waals surface area contributed by atoms with E-state index in [-0.39, 0.29) is 12.0 Å². The number of hydrogen-bond donors (Lipinski definition) is 0. The van der Waals surface area contributed by atoms with Crippen molar-refractivity contribution in [3.63, 3.8) is 0 Å². The maximum absolute atomic E-state index is 12.9. The number of methoxy groups -OCH3 is 1. The van der Waals surface area contributed by atoms with E-state index in [1.807, 2.05) is 39.1 Å². The van der Waals surface area contributed by atoms with Crippen molar-refractivity contribution < 1.29 is 14.3 Å². The number of nitrogens with zero attached hydrogens (tertiary/aromatic N) is 3. The third-order valence-corrected chi connectivity index (χ3v) is 5.88. The summed E-state index contributed by atoms with van der Waals surface area (Å²) in [7, 11) is 1.67. The monoisotopic (exact) mass is 393 g/mol. The molecule has 6 nitrogen and oxygen atoms in total. The van der Waals surface area contributed by atoms with Crippen molar-refractivity contribution in [3.05, 3.63) is 65.4 Å². The molecule has 1 amide bonds. The third-order valence-electron chi connectivity index (χ3n) is 5.11. The minimum Gasteiger partial charge on any atom is -0.497 e. The molecule has 0 aliphatic carbocycles. The number of carbonyl (C=O) groups excluding carboxylic acids is 1. The topological polar surface area (TPSA) is 56.1 Å². The summed E-state index contributed by atoms with van der Waals surface area (Å²) in [5.41, 5.74) is 1.55. The van der Waals surface area contributed by atoms with Crippen molar-refractivity contribution in [1.29, 1.82) is 0 Å². The number of imidazole rings is 1. The van der Waals surface area contributed by atoms with Crippen LogP contribution in [0.1, 0.15) is 22.2 Å². The van der Waals surface area contributed by atoms with Gasteiger partial charge in [-0.3, -0.25) is 9.20 Å². The van der Waals surface area contributed by atoms with Gasteiger partial charge in [0.25, 0.3) is 5.91 Å². The lowest BCUT2D eigenvalue weighted by Crippen LogP contribution is -2.42. The van der Waals surface area contributed by atoms with Crippen LogP contribution in [0, 0.1) is 0 Å². The van der Waals surface area contributed by atoms with E-state index in [0.29, 0.717) is 25.4 Å². The van der Waals surface area contributed by atoms with E-state index in [1.165, 1.54) is 11.3 Å². The molecule has 1 saturated heterocycles. The van der Waals surface area contributed by atoms with E-state index >= 15 is 0 Å². The van der Waals surface area contributed by atoms with Crippen LogP contribution in [0.3, 0.4) is 0 Å². The van der Waals surface area contributed by atoms with Crippen molar-refractivity contribution in [2.75, 3.05) is 26.8 Å². The SMILES string of the molecule is COc1ccc2cc([C@@H]3CN(C(=O)c4cn5ccsc5n4)CCO3)ccc2c1. The lowest BCUT2D eigenvalue weighted by atomic mass is 10.0. The predicted octanol–water partition coefficient (Wildman–Crippen LogP) is 3.77. The number of hydrogen-bond acceptors (Lipinski definition) is 5. The van der Waals surface area contributed by atoms with Crippen LogP contribution in [0.4, 0.5) is 0 Å². The van der Waals surface area contributed by atoms with Crippen LogP contribution >= 0.6 is 11.3 Å². The number of ether oxygens (including phenoxy) is 2. The average Bonchev–Trinajstić information content (AvgIpc) is 3.35. The Kier molecular flexibility index (Phi) is 4.26. The Labute approximate surface area is 165 Å². The fraction of sp³-hybridized carbons (Fsp3) is 0.238. The summed E-state index contributed by atoms with van der Waals surface area (Å²) in [6.45, 7) is 1.61. The maximum Gasteiger partial charge on any atom is 0.274 e. The zero-order chi connectivity index (χ0) is 19.1. The molecule has 4 aromatic rings. The molecule has 3 heterocycles. The number of fused-ring (bicyclic) bond motifs is 2. The summed E-state index contributed by atoms with van der Waals surface area (Å²) >= 11 is 1.52. The molecule has 1 aliphatic heterocycles. The molecule has 7 heteroatoms. The third kappa shape index (κ3) is 3.02. The number of amides is 1. The van der Waals surface area contributed by atoms with Crippen LogP contribution < -0.4 is 4.74 Å². The lowest BCUT2D eigenvalue weighted by Gasteiger charge is -2.33. The standard InChI is InChI=1S/C21H19N3O3S/c1-26-17-5-4-14-10-16(3-2-15(14)11-17)19-13-23(6-8-27-19)20(25)18-12-24-7-9-28-21(24)22-18/h2-5,7,9-12,19H,6,8,13H2,1H3/t19-/m0/s1. The fourth-order valence-electron chi connectivity index (χ4n) is 3.60. The van der Waals surface area contributed by atoms with Crippen LogP contribution in [0.5, 0.6) is 5.75 Å². The van der Waals surface area contributed by atoms with E-state index in [2.05, 4.69) is 23.2 Å². The molecule has 5 rings (SSSR count). The van der Waals surface area contributed by atoms with E-state index in [9.17, 15) is 4.79 Å². The fourth-order valence-corrected chi connectivity index (χ4v) is 4.30. The number of benzene rings is 2. The van der Waals surface area contributed by atoms with Crippen molar-refractivity contribution >= 4 is 33.0 Å². The molecule has 0 saturated carbocycles. The zero-order valence-corrected chi connectivity index (χ0v) is 16.2. The van der Waals surface area contributed by atoms with Gasteiger partial charge in [0, 0.05) is 24.3 Å². The summed E-state index contributed by atoms with van der Waals surface area (Å²) in [5, 5.41) is 4.20. The molecule has 28 heavy (non-hydrogen) atoms. The Bertz CT molecular complexity index is 1140. The Balaban J connectivity index is 1.38. The zero-order valence-electron chi connectivity index (χ0n) is 15.4. The van der Waals surface area contributed by atoms with Crippen molar-refractivity contribution in [3.8, 4) is 5.75 Å². The van der Waals surface area contributed by atoms with Gasteiger partial charge in [0.1, 0.15) is 17.5 Å². The van der Waals surface area contributed by atoms with E-state index in [4.69, 9.17) is 9.47 Å². The van der Waals surface area contributed by atoms with Gasteiger partial charge in [0.15, 0.2) is 4.96 Å². The number of carbonyl (C=O) groups is 1. The van der Waals surface area contributed by atoms with E-state index in [1.54, 1.807) is 13.3 Å². The van der Waals surface area contributed by atoms with E-state index < -0.39 is 0 Å². The molecule has 142 valence electrons. The minimum atomic E-state index is -0.145. The first-order chi connectivity index (χ1) is 13.7. The molecule has 1 fully saturated rings. The van der Waals surface area contributed by atoms with Crippen molar-refractivity contribution in [2.45, 2.75) is 6.10 Å². The van der Waals surface area contributed by atoms with Crippen LogP contribution in [-0.4, -0.2) is 47.0 Å². The van der Waals surface area contributed by atoms with Crippen LogP contribution in [0.2, 0.25) is 0 Å².